The van der Waals surface area contributed by atoms with Crippen LogP contribution in [0.1, 0.15) is 35.6 Å². The van der Waals surface area contributed by atoms with Gasteiger partial charge in [-0.25, -0.2) is 13.4 Å². The van der Waals surface area contributed by atoms with Crippen LogP contribution in [-0.2, 0) is 16.4 Å². The first-order valence-corrected chi connectivity index (χ1v) is 10.9. The largest absolute Gasteiger partial charge is 0.293 e. The maximum absolute atomic E-state index is 12.4. The fourth-order valence-electron chi connectivity index (χ4n) is 2.43. The average Bonchev–Trinajstić information content (AvgIpc) is 2.90. The Balaban J connectivity index is 1.93. The van der Waals surface area contributed by atoms with Crippen LogP contribution in [0.25, 0.3) is 0 Å². The molecule has 0 saturated carbocycles. The smallest absolute Gasteiger partial charge is 0.274 e. The molecule has 0 amide bonds. The van der Waals surface area contributed by atoms with Gasteiger partial charge in [0.2, 0.25) is 0 Å². The molecule has 3 rings (SSSR count). The molecule has 0 unspecified atom stereocenters. The Bertz CT molecular complexity index is 902. The van der Waals surface area contributed by atoms with Crippen molar-refractivity contribution in [3.8, 4) is 0 Å². The third-order valence-corrected chi connectivity index (χ3v) is 8.80. The molecule has 124 valence electrons. The number of sulfonamides is 1. The topological polar surface area (TPSA) is 76.1 Å². The molecule has 0 spiro atoms. The van der Waals surface area contributed by atoms with E-state index < -0.39 is 10.0 Å². The van der Waals surface area contributed by atoms with Gasteiger partial charge in [-0.15, -0.1) is 11.3 Å². The van der Waals surface area contributed by atoms with Gasteiger partial charge in [-0.2, -0.15) is 0 Å². The lowest BCUT2D eigenvalue weighted by Crippen LogP contribution is -2.26. The minimum Gasteiger partial charge on any atom is -0.293 e. The zero-order chi connectivity index (χ0) is 17.0. The number of thiophene rings is 1. The number of ketones is 1. The van der Waals surface area contributed by atoms with Crippen molar-refractivity contribution in [2.45, 2.75) is 30.9 Å². The molecule has 0 bridgehead atoms. The summed E-state index contributed by atoms with van der Waals surface area (Å²) < 4.78 is 28.2. The molecule has 0 fully saturated rings. The van der Waals surface area contributed by atoms with Gasteiger partial charge in [0.1, 0.15) is 0 Å². The van der Waals surface area contributed by atoms with E-state index in [1.807, 2.05) is 13.8 Å². The molecule has 2 aromatic heterocycles. The monoisotopic (exact) mass is 454 g/mol. The van der Waals surface area contributed by atoms with Crippen LogP contribution < -0.4 is 4.72 Å². The van der Waals surface area contributed by atoms with E-state index >= 15 is 0 Å². The summed E-state index contributed by atoms with van der Waals surface area (Å²) in [4.78, 5) is 17.0. The highest BCUT2D eigenvalue weighted by Gasteiger charge is 2.34. The van der Waals surface area contributed by atoms with Gasteiger partial charge < -0.3 is 0 Å². The van der Waals surface area contributed by atoms with Crippen molar-refractivity contribution in [2.75, 3.05) is 4.72 Å². The van der Waals surface area contributed by atoms with Crippen LogP contribution >= 0.6 is 50.2 Å². The van der Waals surface area contributed by atoms with Gasteiger partial charge in [-0.05, 0) is 33.8 Å². The standard InChI is InChI=1S/C13H12BrClN2O3S3/c1-13(2)4-7-10(8(18)5-13)22-12(16-7)17-23(19,20)11-6(14)3-9(15)21-11/h3H,4-5H2,1-2H3,(H,16,17). The van der Waals surface area contributed by atoms with E-state index in [4.69, 9.17) is 11.6 Å². The highest BCUT2D eigenvalue weighted by molar-refractivity contribution is 9.10. The number of fused-ring (bicyclic) bond motifs is 1. The van der Waals surface area contributed by atoms with E-state index in [1.165, 1.54) is 6.07 Å². The van der Waals surface area contributed by atoms with Crippen molar-refractivity contribution in [3.05, 3.63) is 25.4 Å². The number of carbonyl (C=O) groups is 1. The number of rotatable bonds is 3. The minimum absolute atomic E-state index is 0.0135. The van der Waals surface area contributed by atoms with E-state index in [9.17, 15) is 13.2 Å². The summed E-state index contributed by atoms with van der Waals surface area (Å²) in [5, 5.41) is 0.206. The number of halogens is 2. The number of carbonyl (C=O) groups excluding carboxylic acids is 1. The molecule has 0 aromatic carbocycles. The first-order chi connectivity index (χ1) is 10.6. The van der Waals surface area contributed by atoms with Crippen LogP contribution in [-0.4, -0.2) is 19.2 Å². The lowest BCUT2D eigenvalue weighted by atomic mass is 9.78. The number of aromatic nitrogens is 1. The lowest BCUT2D eigenvalue weighted by Gasteiger charge is -2.26. The highest BCUT2D eigenvalue weighted by Crippen LogP contribution is 2.40. The van der Waals surface area contributed by atoms with Gasteiger partial charge in [-0.1, -0.05) is 36.8 Å². The van der Waals surface area contributed by atoms with E-state index in [0.717, 1.165) is 22.7 Å². The Morgan fingerprint density at radius 3 is 2.65 bits per heavy atom. The third kappa shape index (κ3) is 3.48. The summed E-state index contributed by atoms with van der Waals surface area (Å²) in [6.45, 7) is 4.00. The molecule has 2 heterocycles. The second-order valence-electron chi connectivity index (χ2n) is 6.03. The normalized spacial score (nSPS) is 17.1. The van der Waals surface area contributed by atoms with E-state index in [0.29, 0.717) is 32.2 Å². The molecule has 10 heteroatoms. The van der Waals surface area contributed by atoms with E-state index in [1.54, 1.807) is 0 Å². The zero-order valence-corrected chi connectivity index (χ0v) is 16.9. The zero-order valence-electron chi connectivity index (χ0n) is 12.1. The van der Waals surface area contributed by atoms with Crippen LogP contribution in [0.15, 0.2) is 14.7 Å². The predicted octanol–water partition coefficient (Wildman–Crippen LogP) is 4.58. The van der Waals surface area contributed by atoms with Crippen LogP contribution in [0.4, 0.5) is 5.13 Å². The number of hydrogen-bond donors (Lipinski definition) is 1. The number of nitrogens with zero attached hydrogens (tertiary/aromatic N) is 1. The molecular formula is C13H12BrClN2O3S3. The fraction of sp³-hybridized carbons (Fsp3) is 0.385. The molecule has 5 nitrogen and oxygen atoms in total. The number of Topliss-reactive ketones (excluding diaryl/α,β-unsaturated/α-hetero) is 1. The third-order valence-electron chi connectivity index (χ3n) is 3.33. The Labute approximate surface area is 155 Å². The molecule has 23 heavy (non-hydrogen) atoms. The van der Waals surface area contributed by atoms with Crippen LogP contribution in [0.5, 0.6) is 0 Å². The lowest BCUT2D eigenvalue weighted by molar-refractivity contribution is 0.0916. The Morgan fingerprint density at radius 1 is 1.35 bits per heavy atom. The molecular weight excluding hydrogens is 444 g/mol. The number of hydrogen-bond acceptors (Lipinski definition) is 6. The molecule has 0 saturated heterocycles. The number of thiazole rings is 1. The SMILES string of the molecule is CC1(C)CC(=O)c2sc(NS(=O)(=O)c3sc(Cl)cc3Br)nc2C1. The maximum atomic E-state index is 12.4. The Kier molecular flexibility index (Phi) is 4.38. The summed E-state index contributed by atoms with van der Waals surface area (Å²) in [5.74, 6) is 0.0135. The Morgan fingerprint density at radius 2 is 2.04 bits per heavy atom. The maximum Gasteiger partial charge on any atom is 0.274 e. The number of anilines is 1. The summed E-state index contributed by atoms with van der Waals surface area (Å²) >= 11 is 11.1. The van der Waals surface area contributed by atoms with E-state index in [-0.39, 0.29) is 20.5 Å². The van der Waals surface area contributed by atoms with Crippen molar-refractivity contribution < 1.29 is 13.2 Å². The van der Waals surface area contributed by atoms with Gasteiger partial charge in [0.15, 0.2) is 15.1 Å². The van der Waals surface area contributed by atoms with E-state index in [2.05, 4.69) is 25.6 Å². The summed E-state index contributed by atoms with van der Waals surface area (Å²) in [7, 11) is -3.80. The quantitative estimate of drug-likeness (QED) is 0.735. The first kappa shape index (κ1) is 17.3. The van der Waals surface area contributed by atoms with Gasteiger partial charge in [0.25, 0.3) is 10.0 Å². The first-order valence-electron chi connectivity index (χ1n) is 6.58. The van der Waals surface area contributed by atoms with Gasteiger partial charge in [-0.3, -0.25) is 9.52 Å². The molecule has 1 aliphatic carbocycles. The Hall–Kier alpha value is -0.480. The van der Waals surface area contributed by atoms with Gasteiger partial charge >= 0.3 is 0 Å². The molecule has 0 aliphatic heterocycles. The van der Waals surface area contributed by atoms with Crippen LogP contribution in [0.3, 0.4) is 0 Å². The van der Waals surface area contributed by atoms with Crippen LogP contribution in [0.2, 0.25) is 4.34 Å². The van der Waals surface area contributed by atoms with Crippen molar-refractivity contribution in [1.82, 2.24) is 4.98 Å². The minimum atomic E-state index is -3.80. The molecule has 1 aliphatic rings. The van der Waals surface area contributed by atoms with Crippen molar-refractivity contribution in [1.29, 1.82) is 0 Å². The molecule has 0 atom stereocenters. The molecule has 1 N–H and O–H groups in total. The summed E-state index contributed by atoms with van der Waals surface area (Å²) in [6, 6.07) is 1.53. The van der Waals surface area contributed by atoms with Crippen LogP contribution in [0, 0.1) is 5.41 Å². The number of nitrogens with one attached hydrogen (secondary N) is 1. The van der Waals surface area contributed by atoms with Crippen molar-refractivity contribution in [2.24, 2.45) is 5.41 Å². The van der Waals surface area contributed by atoms with Gasteiger partial charge in [0, 0.05) is 6.42 Å². The summed E-state index contributed by atoms with van der Waals surface area (Å²) in [6.07, 6.45) is 1.10. The van der Waals surface area contributed by atoms with Gasteiger partial charge in [0.05, 0.1) is 19.4 Å². The molecule has 2 aromatic rings. The summed E-state index contributed by atoms with van der Waals surface area (Å²) in [5.41, 5.74) is 0.510. The second-order valence-corrected chi connectivity index (χ2v) is 11.4. The second kappa shape index (κ2) is 5.80. The average molecular weight is 456 g/mol. The van der Waals surface area contributed by atoms with Crippen molar-refractivity contribution in [3.63, 3.8) is 0 Å². The highest BCUT2D eigenvalue weighted by atomic mass is 79.9. The predicted molar refractivity (Wildman–Crippen MR) is 96.4 cm³/mol. The fourth-order valence-corrected chi connectivity index (χ4v) is 7.60. The molecule has 0 radical (unpaired) electrons. The van der Waals surface area contributed by atoms with Crippen molar-refractivity contribution >= 4 is 71.1 Å².